The molecule has 2 aromatic rings. The molecule has 0 saturated heterocycles. The van der Waals surface area contributed by atoms with E-state index in [2.05, 4.69) is 91.8 Å². The second-order valence-corrected chi connectivity index (χ2v) is 16.2. The van der Waals surface area contributed by atoms with Gasteiger partial charge in [0.2, 0.25) is 0 Å². The van der Waals surface area contributed by atoms with E-state index in [1.54, 1.807) is 0 Å². The lowest BCUT2D eigenvalue weighted by Crippen LogP contribution is -2.16. The standard InChI is InChI=1S/C37H28N4Si/c1-42(2,3)23-22-29-30-18-20-34(40-30)36(25-10-6-4-7-11-25)32-16-14-27(38-32)24-28-15-17-33(39-28)37(26-12-8-5-9-13-26)35-21-19-31(29)41-35/h4-21,24H,1-3H3. The van der Waals surface area contributed by atoms with E-state index in [1.165, 1.54) is 0 Å². The third kappa shape index (κ3) is 5.05. The molecule has 5 aliphatic heterocycles. The van der Waals surface area contributed by atoms with Crippen LogP contribution >= 0.6 is 0 Å². The zero-order chi connectivity index (χ0) is 28.7. The second-order valence-electron chi connectivity index (χ2n) is 11.4. The molecule has 5 heterocycles. The molecule has 8 bridgehead atoms. The highest BCUT2D eigenvalue weighted by molar-refractivity contribution is 6.84. The number of hydrogen-bond acceptors (Lipinski definition) is 4. The summed E-state index contributed by atoms with van der Waals surface area (Å²) >= 11 is 0. The molecule has 0 aromatic heterocycles. The summed E-state index contributed by atoms with van der Waals surface area (Å²) < 4.78 is 0. The molecule has 2 aromatic carbocycles. The summed E-state index contributed by atoms with van der Waals surface area (Å²) in [5, 5.41) is 0. The minimum atomic E-state index is -1.68. The first kappa shape index (κ1) is 25.8. The quantitative estimate of drug-likeness (QED) is 0.267. The lowest BCUT2D eigenvalue weighted by molar-refractivity contribution is 1.39. The summed E-state index contributed by atoms with van der Waals surface area (Å²) in [5.74, 6) is 3.51. The number of hydrogen-bond donors (Lipinski definition) is 0. The maximum atomic E-state index is 5.17. The SMILES string of the molecule is C[Si](C)(C)C#CC1=C2C=CC(=N2)C(c2ccccc2)=C2C=CC(=N2)C=C2C=CC(=N2)C(c2ccccc2)=C2C=CC1=N2. The fourth-order valence-electron chi connectivity index (χ4n) is 5.20. The van der Waals surface area contributed by atoms with Gasteiger partial charge in [0, 0.05) is 11.1 Å². The van der Waals surface area contributed by atoms with E-state index in [0.717, 1.165) is 73.5 Å². The Hall–Kier alpha value is -5.18. The molecule has 0 fully saturated rings. The van der Waals surface area contributed by atoms with Crippen LogP contribution < -0.4 is 0 Å². The summed E-state index contributed by atoms with van der Waals surface area (Å²) in [7, 11) is -1.68. The number of benzene rings is 2. The third-order valence-electron chi connectivity index (χ3n) is 7.12. The van der Waals surface area contributed by atoms with Crippen molar-refractivity contribution < 1.29 is 0 Å². The van der Waals surface area contributed by atoms with Gasteiger partial charge in [0.1, 0.15) is 8.07 Å². The molecule has 5 heteroatoms. The van der Waals surface area contributed by atoms with Crippen LogP contribution in [0.5, 0.6) is 0 Å². The van der Waals surface area contributed by atoms with Crippen LogP contribution in [0.2, 0.25) is 19.6 Å². The van der Waals surface area contributed by atoms with Crippen molar-refractivity contribution >= 4 is 42.1 Å². The average Bonchev–Trinajstić information content (AvgIpc) is 3.80. The fourth-order valence-corrected chi connectivity index (χ4v) is 5.70. The van der Waals surface area contributed by atoms with Crippen molar-refractivity contribution in [2.24, 2.45) is 20.0 Å². The first-order chi connectivity index (χ1) is 20.4. The second kappa shape index (κ2) is 10.3. The molecule has 0 aliphatic carbocycles. The largest absolute Gasteiger partial charge is 0.248 e. The molecule has 0 atom stereocenters. The van der Waals surface area contributed by atoms with Crippen LogP contribution in [0.4, 0.5) is 0 Å². The predicted octanol–water partition coefficient (Wildman–Crippen LogP) is 7.88. The van der Waals surface area contributed by atoms with Crippen molar-refractivity contribution in [1.29, 1.82) is 0 Å². The smallest absolute Gasteiger partial charge is 0.129 e. The highest BCUT2D eigenvalue weighted by Gasteiger charge is 2.24. The van der Waals surface area contributed by atoms with Crippen LogP contribution in [0.3, 0.4) is 0 Å². The molecule has 0 unspecified atom stereocenters. The molecular weight excluding hydrogens is 529 g/mol. The molecule has 0 spiro atoms. The van der Waals surface area contributed by atoms with Crippen LogP contribution in [-0.4, -0.2) is 30.9 Å². The van der Waals surface area contributed by atoms with Gasteiger partial charge in [-0.3, -0.25) is 0 Å². The van der Waals surface area contributed by atoms with Crippen LogP contribution in [-0.2, 0) is 0 Å². The summed E-state index contributed by atoms with van der Waals surface area (Å²) in [6.45, 7) is 6.75. The molecule has 0 radical (unpaired) electrons. The maximum Gasteiger partial charge on any atom is 0.129 e. The molecule has 200 valence electrons. The highest BCUT2D eigenvalue weighted by Crippen LogP contribution is 2.33. The zero-order valence-electron chi connectivity index (χ0n) is 23.8. The summed E-state index contributed by atoms with van der Waals surface area (Å²) in [6, 6.07) is 20.6. The predicted molar refractivity (Wildman–Crippen MR) is 179 cm³/mol. The Bertz CT molecular complexity index is 1930. The highest BCUT2D eigenvalue weighted by atomic mass is 28.3. The first-order valence-corrected chi connectivity index (χ1v) is 17.6. The van der Waals surface area contributed by atoms with Gasteiger partial charge in [-0.15, -0.1) is 5.54 Å². The monoisotopic (exact) mass is 556 g/mol. The Kier molecular flexibility index (Phi) is 6.34. The van der Waals surface area contributed by atoms with Gasteiger partial charge < -0.3 is 0 Å². The zero-order valence-corrected chi connectivity index (χ0v) is 24.8. The number of nitrogens with zero attached hydrogens (tertiary/aromatic N) is 4. The number of aliphatic imine (C=N–C) groups is 4. The summed E-state index contributed by atoms with van der Waals surface area (Å²) in [4.78, 5) is 20.4. The normalized spacial score (nSPS) is 18.7. The van der Waals surface area contributed by atoms with Crippen LogP contribution in [0.15, 0.2) is 164 Å². The van der Waals surface area contributed by atoms with Crippen molar-refractivity contribution in [2.75, 3.05) is 0 Å². The van der Waals surface area contributed by atoms with E-state index in [4.69, 9.17) is 20.0 Å². The van der Waals surface area contributed by atoms with Gasteiger partial charge in [0.05, 0.1) is 51.2 Å². The molecule has 5 aliphatic rings. The van der Waals surface area contributed by atoms with E-state index >= 15 is 0 Å². The van der Waals surface area contributed by atoms with E-state index in [0.29, 0.717) is 0 Å². The van der Waals surface area contributed by atoms with Crippen molar-refractivity contribution in [1.82, 2.24) is 0 Å². The van der Waals surface area contributed by atoms with E-state index in [1.807, 2.05) is 54.6 Å². The fraction of sp³-hybridized carbons (Fsp3) is 0.0811. The summed E-state index contributed by atoms with van der Waals surface area (Å²) in [6.07, 6.45) is 18.5. The van der Waals surface area contributed by atoms with Crippen LogP contribution in [0.1, 0.15) is 11.1 Å². The average molecular weight is 557 g/mol. The van der Waals surface area contributed by atoms with Crippen molar-refractivity contribution in [3.05, 3.63) is 155 Å². The minimum absolute atomic E-state index is 0.814. The topological polar surface area (TPSA) is 49.4 Å². The van der Waals surface area contributed by atoms with Crippen LogP contribution in [0, 0.1) is 11.5 Å². The van der Waals surface area contributed by atoms with E-state index < -0.39 is 8.07 Å². The first-order valence-electron chi connectivity index (χ1n) is 14.1. The van der Waals surface area contributed by atoms with E-state index in [-0.39, 0.29) is 0 Å². The Morgan fingerprint density at radius 1 is 0.524 bits per heavy atom. The lowest BCUT2D eigenvalue weighted by atomic mass is 9.99. The molecular formula is C37H28N4Si. The number of fused-ring (bicyclic) bond motifs is 4. The van der Waals surface area contributed by atoms with Crippen molar-refractivity contribution in [3.8, 4) is 11.5 Å². The van der Waals surface area contributed by atoms with Gasteiger partial charge in [0.15, 0.2) is 0 Å². The van der Waals surface area contributed by atoms with Gasteiger partial charge in [0.25, 0.3) is 0 Å². The number of allylic oxidation sites excluding steroid dienone is 12. The van der Waals surface area contributed by atoms with Crippen LogP contribution in [0.25, 0.3) is 11.1 Å². The van der Waals surface area contributed by atoms with Gasteiger partial charge >= 0.3 is 0 Å². The Balaban J connectivity index is 1.51. The molecule has 0 amide bonds. The van der Waals surface area contributed by atoms with Gasteiger partial charge in [-0.1, -0.05) is 86.2 Å². The van der Waals surface area contributed by atoms with Gasteiger partial charge in [-0.25, -0.2) is 20.0 Å². The minimum Gasteiger partial charge on any atom is -0.248 e. The third-order valence-corrected chi connectivity index (χ3v) is 8.00. The van der Waals surface area contributed by atoms with Crippen molar-refractivity contribution in [2.45, 2.75) is 19.6 Å². The van der Waals surface area contributed by atoms with Gasteiger partial charge in [-0.05, 0) is 65.8 Å². The molecule has 0 saturated carbocycles. The lowest BCUT2D eigenvalue weighted by Gasteiger charge is -2.10. The van der Waals surface area contributed by atoms with Crippen molar-refractivity contribution in [3.63, 3.8) is 0 Å². The summed E-state index contributed by atoms with van der Waals surface area (Å²) in [5.41, 5.74) is 15.3. The number of rotatable bonds is 2. The molecule has 0 N–H and O–H groups in total. The van der Waals surface area contributed by atoms with E-state index in [9.17, 15) is 0 Å². The Morgan fingerprint density at radius 2 is 1.07 bits per heavy atom. The molecule has 4 nitrogen and oxygen atoms in total. The molecule has 7 rings (SSSR count). The Labute approximate surface area is 247 Å². The maximum absolute atomic E-state index is 5.17. The molecule has 42 heavy (non-hydrogen) atoms. The Morgan fingerprint density at radius 3 is 1.76 bits per heavy atom. The van der Waals surface area contributed by atoms with Gasteiger partial charge in [-0.2, -0.15) is 0 Å².